The van der Waals surface area contributed by atoms with E-state index in [9.17, 15) is 9.59 Å². The van der Waals surface area contributed by atoms with Gasteiger partial charge in [-0.05, 0) is 49.4 Å². The second-order valence-electron chi connectivity index (χ2n) is 7.40. The molecule has 0 aromatic heterocycles. The highest BCUT2D eigenvalue weighted by molar-refractivity contribution is 6.00. The fraction of sp³-hybridized carbons (Fsp3) is 0.600. The van der Waals surface area contributed by atoms with Crippen LogP contribution in [0.5, 0.6) is 5.75 Å². The number of ether oxygens (including phenoxy) is 2. The minimum atomic E-state index is -0.668. The molecular weight excluding hydrogens is 332 g/mol. The van der Waals surface area contributed by atoms with Gasteiger partial charge >= 0.3 is 0 Å². The molecule has 6 nitrogen and oxygen atoms in total. The Balaban J connectivity index is 1.59. The lowest BCUT2D eigenvalue weighted by Gasteiger charge is -2.44. The first-order valence-corrected chi connectivity index (χ1v) is 9.52. The topological polar surface area (TPSA) is 59.1 Å². The average molecular weight is 358 g/mol. The average Bonchev–Trinajstić information content (AvgIpc) is 3.29. The highest BCUT2D eigenvalue weighted by Gasteiger charge is 2.52. The monoisotopic (exact) mass is 358 g/mol. The van der Waals surface area contributed by atoms with Crippen LogP contribution in [0, 0.1) is 0 Å². The molecule has 3 heterocycles. The van der Waals surface area contributed by atoms with Crippen LogP contribution in [0.3, 0.4) is 0 Å². The number of benzene rings is 1. The van der Waals surface area contributed by atoms with Crippen molar-refractivity contribution in [2.24, 2.45) is 0 Å². The number of piperidine rings is 1. The molecule has 2 fully saturated rings. The van der Waals surface area contributed by atoms with Crippen molar-refractivity contribution in [2.75, 3.05) is 40.0 Å². The van der Waals surface area contributed by atoms with Crippen LogP contribution in [0.1, 0.15) is 41.6 Å². The van der Waals surface area contributed by atoms with Crippen molar-refractivity contribution < 1.29 is 19.1 Å². The number of fused-ring (bicyclic) bond motifs is 1. The number of amides is 2. The lowest BCUT2D eigenvalue weighted by atomic mass is 9.85. The Labute approximate surface area is 154 Å². The van der Waals surface area contributed by atoms with Crippen LogP contribution in [-0.4, -0.2) is 67.1 Å². The van der Waals surface area contributed by atoms with Crippen LogP contribution < -0.4 is 4.74 Å². The Morgan fingerprint density at radius 2 is 2.08 bits per heavy atom. The van der Waals surface area contributed by atoms with E-state index in [1.165, 1.54) is 0 Å². The first-order chi connectivity index (χ1) is 12.7. The zero-order chi connectivity index (χ0) is 18.1. The Bertz CT molecular complexity index is 720. The third kappa shape index (κ3) is 2.76. The van der Waals surface area contributed by atoms with Crippen LogP contribution >= 0.6 is 0 Å². The second kappa shape index (κ2) is 6.91. The van der Waals surface area contributed by atoms with Crippen LogP contribution in [0.2, 0.25) is 0 Å². The molecule has 0 radical (unpaired) electrons. The van der Waals surface area contributed by atoms with Crippen molar-refractivity contribution in [2.45, 2.75) is 37.6 Å². The molecule has 1 unspecified atom stereocenters. The Morgan fingerprint density at radius 3 is 2.88 bits per heavy atom. The summed E-state index contributed by atoms with van der Waals surface area (Å²) in [4.78, 5) is 30.2. The number of rotatable bonds is 4. The van der Waals surface area contributed by atoms with Gasteiger partial charge < -0.3 is 19.3 Å². The normalized spacial score (nSPS) is 24.9. The minimum Gasteiger partial charge on any atom is -0.493 e. The number of carbonyl (C=O) groups is 2. The van der Waals surface area contributed by atoms with Crippen LogP contribution in [-0.2, 0) is 16.0 Å². The van der Waals surface area contributed by atoms with E-state index in [1.807, 2.05) is 28.0 Å². The van der Waals surface area contributed by atoms with E-state index in [1.54, 1.807) is 7.11 Å². The van der Waals surface area contributed by atoms with Gasteiger partial charge in [-0.3, -0.25) is 9.59 Å². The summed E-state index contributed by atoms with van der Waals surface area (Å²) in [6.45, 7) is 3.20. The first-order valence-electron chi connectivity index (χ1n) is 9.52. The smallest absolute Gasteiger partial charge is 0.254 e. The summed E-state index contributed by atoms with van der Waals surface area (Å²) in [5.41, 5.74) is 1.08. The van der Waals surface area contributed by atoms with Crippen LogP contribution in [0.25, 0.3) is 0 Å². The molecule has 26 heavy (non-hydrogen) atoms. The summed E-state index contributed by atoms with van der Waals surface area (Å²) >= 11 is 0. The predicted molar refractivity (Wildman–Crippen MR) is 96.3 cm³/mol. The standard InChI is InChI=1S/C20H26N2O4/c1-25-13-11-21-9-2-7-20(19(21)24)8-3-10-22(20)18(23)16-4-5-17-15(14-16)6-12-26-17/h4-5,14H,2-3,6-13H2,1H3. The molecule has 3 aliphatic rings. The molecule has 6 heteroatoms. The first kappa shape index (κ1) is 17.3. The third-order valence-corrected chi connectivity index (χ3v) is 5.94. The van der Waals surface area contributed by atoms with Gasteiger partial charge in [0.25, 0.3) is 5.91 Å². The summed E-state index contributed by atoms with van der Waals surface area (Å²) in [6, 6.07) is 5.65. The van der Waals surface area contributed by atoms with Crippen molar-refractivity contribution in [3.8, 4) is 5.75 Å². The highest BCUT2D eigenvalue weighted by Crippen LogP contribution is 2.39. The zero-order valence-electron chi connectivity index (χ0n) is 15.3. The van der Waals surface area contributed by atoms with Crippen molar-refractivity contribution in [1.29, 1.82) is 0 Å². The van der Waals surface area contributed by atoms with Crippen LogP contribution in [0.4, 0.5) is 0 Å². The van der Waals surface area contributed by atoms with E-state index in [-0.39, 0.29) is 11.8 Å². The number of methoxy groups -OCH3 is 1. The molecule has 2 amide bonds. The number of hydrogen-bond acceptors (Lipinski definition) is 4. The Hall–Kier alpha value is -2.08. The quantitative estimate of drug-likeness (QED) is 0.824. The van der Waals surface area contributed by atoms with E-state index < -0.39 is 5.54 Å². The van der Waals surface area contributed by atoms with Crippen molar-refractivity contribution >= 4 is 11.8 Å². The fourth-order valence-corrected chi connectivity index (χ4v) is 4.61. The second-order valence-corrected chi connectivity index (χ2v) is 7.40. The Kier molecular flexibility index (Phi) is 4.61. The van der Waals surface area contributed by atoms with E-state index in [2.05, 4.69) is 0 Å². The largest absolute Gasteiger partial charge is 0.493 e. The maximum absolute atomic E-state index is 13.3. The van der Waals surface area contributed by atoms with E-state index >= 15 is 0 Å². The molecule has 1 aromatic rings. The van der Waals surface area contributed by atoms with Gasteiger partial charge in [-0.2, -0.15) is 0 Å². The zero-order valence-corrected chi connectivity index (χ0v) is 15.3. The summed E-state index contributed by atoms with van der Waals surface area (Å²) in [6.07, 6.45) is 4.16. The van der Waals surface area contributed by atoms with E-state index in [0.717, 1.165) is 50.0 Å². The molecule has 1 aromatic carbocycles. The number of nitrogens with zero attached hydrogens (tertiary/aromatic N) is 2. The van der Waals surface area contributed by atoms with E-state index in [0.29, 0.717) is 31.9 Å². The summed E-state index contributed by atoms with van der Waals surface area (Å²) in [5.74, 6) is 0.937. The van der Waals surface area contributed by atoms with Gasteiger partial charge in [0.1, 0.15) is 11.3 Å². The predicted octanol–water partition coefficient (Wildman–Crippen LogP) is 1.87. The highest BCUT2D eigenvalue weighted by atomic mass is 16.5. The molecule has 0 saturated carbocycles. The van der Waals surface area contributed by atoms with Gasteiger partial charge in [0.05, 0.1) is 13.2 Å². The fourth-order valence-electron chi connectivity index (χ4n) is 4.61. The summed E-state index contributed by atoms with van der Waals surface area (Å²) in [7, 11) is 1.65. The molecule has 0 N–H and O–H groups in total. The van der Waals surface area contributed by atoms with Gasteiger partial charge in [0.2, 0.25) is 5.91 Å². The maximum atomic E-state index is 13.3. The van der Waals surface area contributed by atoms with Crippen molar-refractivity contribution in [1.82, 2.24) is 9.80 Å². The summed E-state index contributed by atoms with van der Waals surface area (Å²) in [5, 5.41) is 0. The molecule has 2 saturated heterocycles. The molecule has 4 rings (SSSR count). The molecule has 1 atom stereocenters. The van der Waals surface area contributed by atoms with Crippen molar-refractivity contribution in [3.63, 3.8) is 0 Å². The molecule has 140 valence electrons. The van der Waals surface area contributed by atoms with Gasteiger partial charge in [-0.25, -0.2) is 0 Å². The number of likely N-dealkylation sites (tertiary alicyclic amines) is 2. The molecule has 1 spiro atoms. The molecule has 3 aliphatic heterocycles. The molecule has 0 aliphatic carbocycles. The maximum Gasteiger partial charge on any atom is 0.254 e. The van der Waals surface area contributed by atoms with Crippen molar-refractivity contribution in [3.05, 3.63) is 29.3 Å². The summed E-state index contributed by atoms with van der Waals surface area (Å²) < 4.78 is 10.7. The van der Waals surface area contributed by atoms with Gasteiger partial charge in [0.15, 0.2) is 0 Å². The third-order valence-electron chi connectivity index (χ3n) is 5.94. The lowest BCUT2D eigenvalue weighted by molar-refractivity contribution is -0.146. The SMILES string of the molecule is COCCN1CCCC2(CCCN2C(=O)c2ccc3c(c2)CCO3)C1=O. The number of hydrogen-bond donors (Lipinski definition) is 0. The van der Waals surface area contributed by atoms with Gasteiger partial charge in [-0.15, -0.1) is 0 Å². The van der Waals surface area contributed by atoms with E-state index in [4.69, 9.17) is 9.47 Å². The minimum absolute atomic E-state index is 0.0286. The number of carbonyl (C=O) groups excluding carboxylic acids is 2. The molecule has 0 bridgehead atoms. The van der Waals surface area contributed by atoms with Gasteiger partial charge in [-0.1, -0.05) is 0 Å². The molecular formula is C20H26N2O4. The van der Waals surface area contributed by atoms with Crippen LogP contribution in [0.15, 0.2) is 18.2 Å². The van der Waals surface area contributed by atoms with Gasteiger partial charge in [0, 0.05) is 38.7 Å². The lowest BCUT2D eigenvalue weighted by Crippen LogP contribution is -2.61. The Morgan fingerprint density at radius 1 is 1.27 bits per heavy atom.